The van der Waals surface area contributed by atoms with E-state index >= 15 is 0 Å². The number of nitrogens with zero attached hydrogens (tertiary/aromatic N) is 1. The molecule has 1 N–H and O–H groups in total. The molecule has 1 aromatic heterocycles. The number of aromatic nitrogens is 1. The molecule has 0 saturated carbocycles. The van der Waals surface area contributed by atoms with Crippen LogP contribution in [0.2, 0.25) is 0 Å². The molecular formula is C17H14N2OS. The Morgan fingerprint density at radius 1 is 1.05 bits per heavy atom. The predicted octanol–water partition coefficient (Wildman–Crippen LogP) is 4.08. The van der Waals surface area contributed by atoms with Crippen LogP contribution in [0.4, 0.5) is 5.69 Å². The van der Waals surface area contributed by atoms with E-state index in [1.807, 2.05) is 49.4 Å². The molecular weight excluding hydrogens is 280 g/mol. The van der Waals surface area contributed by atoms with Crippen molar-refractivity contribution in [3.63, 3.8) is 0 Å². The molecule has 1 amide bonds. The van der Waals surface area contributed by atoms with Gasteiger partial charge in [0.1, 0.15) is 0 Å². The molecule has 2 aromatic carbocycles. The molecule has 0 unspecified atom stereocenters. The molecule has 21 heavy (non-hydrogen) atoms. The molecule has 0 spiro atoms. The van der Waals surface area contributed by atoms with Crippen LogP contribution in [-0.4, -0.2) is 10.9 Å². The van der Waals surface area contributed by atoms with Gasteiger partial charge >= 0.3 is 0 Å². The minimum atomic E-state index is -0.184. The summed E-state index contributed by atoms with van der Waals surface area (Å²) >= 11 is 4.32. The highest BCUT2D eigenvalue weighted by atomic mass is 32.1. The maximum atomic E-state index is 12.4. The van der Waals surface area contributed by atoms with Gasteiger partial charge in [-0.2, -0.15) is 0 Å². The minimum absolute atomic E-state index is 0.184. The third-order valence-electron chi connectivity index (χ3n) is 3.26. The van der Waals surface area contributed by atoms with Gasteiger partial charge in [0.2, 0.25) is 0 Å². The van der Waals surface area contributed by atoms with Crippen molar-refractivity contribution >= 4 is 35.1 Å². The first-order valence-electron chi connectivity index (χ1n) is 6.61. The molecule has 104 valence electrons. The molecule has 0 radical (unpaired) electrons. The SMILES string of the molecule is Cc1ccc2cccc(NC(=O)c3ccccc3S)c2n1. The zero-order valence-corrected chi connectivity index (χ0v) is 12.4. The van der Waals surface area contributed by atoms with Gasteiger partial charge in [0.25, 0.3) is 5.91 Å². The molecule has 0 atom stereocenters. The first-order chi connectivity index (χ1) is 10.1. The summed E-state index contributed by atoms with van der Waals surface area (Å²) < 4.78 is 0. The van der Waals surface area contributed by atoms with Crippen molar-refractivity contribution in [1.29, 1.82) is 0 Å². The average Bonchev–Trinajstić information content (AvgIpc) is 2.48. The van der Waals surface area contributed by atoms with Crippen molar-refractivity contribution in [2.75, 3.05) is 5.32 Å². The summed E-state index contributed by atoms with van der Waals surface area (Å²) in [6.07, 6.45) is 0. The first kappa shape index (κ1) is 13.6. The Bertz CT molecular complexity index is 830. The van der Waals surface area contributed by atoms with Gasteiger partial charge in [-0.05, 0) is 31.2 Å². The standard InChI is InChI=1S/C17H14N2OS/c1-11-9-10-12-5-4-7-14(16(12)18-11)19-17(20)13-6-2-3-8-15(13)21/h2-10,21H,1H3,(H,19,20). The Kier molecular flexibility index (Phi) is 3.62. The lowest BCUT2D eigenvalue weighted by atomic mass is 10.1. The number of rotatable bonds is 2. The monoisotopic (exact) mass is 294 g/mol. The Hall–Kier alpha value is -2.33. The highest BCUT2D eigenvalue weighted by Gasteiger charge is 2.11. The number of aryl methyl sites for hydroxylation is 1. The fourth-order valence-electron chi connectivity index (χ4n) is 2.20. The number of fused-ring (bicyclic) bond motifs is 1. The molecule has 3 rings (SSSR count). The predicted molar refractivity (Wildman–Crippen MR) is 88.1 cm³/mol. The highest BCUT2D eigenvalue weighted by molar-refractivity contribution is 7.80. The normalized spacial score (nSPS) is 10.6. The second-order valence-corrected chi connectivity index (χ2v) is 5.28. The summed E-state index contributed by atoms with van der Waals surface area (Å²) in [5.74, 6) is -0.184. The lowest BCUT2D eigenvalue weighted by molar-refractivity contribution is 0.102. The van der Waals surface area contributed by atoms with Crippen molar-refractivity contribution < 1.29 is 4.79 Å². The summed E-state index contributed by atoms with van der Waals surface area (Å²) in [5, 5.41) is 3.92. The average molecular weight is 294 g/mol. The van der Waals surface area contributed by atoms with Crippen LogP contribution in [0, 0.1) is 6.92 Å². The first-order valence-corrected chi connectivity index (χ1v) is 7.05. The number of thiol groups is 1. The zero-order valence-electron chi connectivity index (χ0n) is 11.5. The highest BCUT2D eigenvalue weighted by Crippen LogP contribution is 2.23. The summed E-state index contributed by atoms with van der Waals surface area (Å²) in [4.78, 5) is 17.5. The number of hydrogen-bond donors (Lipinski definition) is 2. The third-order valence-corrected chi connectivity index (χ3v) is 3.65. The van der Waals surface area contributed by atoms with E-state index in [2.05, 4.69) is 22.9 Å². The van der Waals surface area contributed by atoms with E-state index in [-0.39, 0.29) is 5.91 Å². The third kappa shape index (κ3) is 2.76. The van der Waals surface area contributed by atoms with Crippen LogP contribution in [0.3, 0.4) is 0 Å². The van der Waals surface area contributed by atoms with Gasteiger partial charge in [-0.25, -0.2) is 0 Å². The maximum Gasteiger partial charge on any atom is 0.256 e. The molecule has 0 bridgehead atoms. The van der Waals surface area contributed by atoms with Crippen LogP contribution in [0.25, 0.3) is 10.9 Å². The van der Waals surface area contributed by atoms with Crippen LogP contribution in [0.5, 0.6) is 0 Å². The van der Waals surface area contributed by atoms with E-state index in [4.69, 9.17) is 0 Å². The lowest BCUT2D eigenvalue weighted by Gasteiger charge is -2.09. The van der Waals surface area contributed by atoms with Crippen LogP contribution in [-0.2, 0) is 0 Å². The number of carbonyl (C=O) groups is 1. The Balaban J connectivity index is 2.00. The van der Waals surface area contributed by atoms with E-state index in [0.29, 0.717) is 16.1 Å². The Morgan fingerprint density at radius 3 is 2.67 bits per heavy atom. The van der Waals surface area contributed by atoms with E-state index < -0.39 is 0 Å². The molecule has 1 heterocycles. The molecule has 0 saturated heterocycles. The number of nitrogens with one attached hydrogen (secondary N) is 1. The molecule has 3 nitrogen and oxygen atoms in total. The lowest BCUT2D eigenvalue weighted by Crippen LogP contribution is -2.13. The van der Waals surface area contributed by atoms with E-state index in [0.717, 1.165) is 16.6 Å². The molecule has 0 fully saturated rings. The van der Waals surface area contributed by atoms with Crippen LogP contribution in [0.15, 0.2) is 59.5 Å². The van der Waals surface area contributed by atoms with Crippen LogP contribution in [0.1, 0.15) is 16.1 Å². The van der Waals surface area contributed by atoms with Gasteiger partial charge < -0.3 is 5.32 Å². The Labute approximate surface area is 128 Å². The van der Waals surface area contributed by atoms with Crippen molar-refractivity contribution in [1.82, 2.24) is 4.98 Å². The van der Waals surface area contributed by atoms with Gasteiger partial charge in [-0.3, -0.25) is 9.78 Å². The van der Waals surface area contributed by atoms with Gasteiger partial charge in [0.05, 0.1) is 16.8 Å². The van der Waals surface area contributed by atoms with Gasteiger partial charge in [-0.1, -0.05) is 30.3 Å². The van der Waals surface area contributed by atoms with E-state index in [9.17, 15) is 4.79 Å². The topological polar surface area (TPSA) is 42.0 Å². The van der Waals surface area contributed by atoms with Crippen molar-refractivity contribution in [2.45, 2.75) is 11.8 Å². The van der Waals surface area contributed by atoms with Crippen molar-refractivity contribution in [3.05, 3.63) is 65.9 Å². The molecule has 0 aliphatic rings. The van der Waals surface area contributed by atoms with Crippen molar-refractivity contribution in [3.8, 4) is 0 Å². The maximum absolute atomic E-state index is 12.4. The fourth-order valence-corrected chi connectivity index (χ4v) is 2.46. The Morgan fingerprint density at radius 2 is 1.86 bits per heavy atom. The largest absolute Gasteiger partial charge is 0.320 e. The van der Waals surface area contributed by atoms with E-state index in [1.54, 1.807) is 12.1 Å². The summed E-state index contributed by atoms with van der Waals surface area (Å²) in [6.45, 7) is 1.93. The van der Waals surface area contributed by atoms with Gasteiger partial charge in [0.15, 0.2) is 0 Å². The zero-order chi connectivity index (χ0) is 14.8. The summed E-state index contributed by atoms with van der Waals surface area (Å²) in [6, 6.07) is 16.9. The minimum Gasteiger partial charge on any atom is -0.320 e. The van der Waals surface area contributed by atoms with E-state index in [1.165, 1.54) is 0 Å². The number of hydrogen-bond acceptors (Lipinski definition) is 3. The number of anilines is 1. The van der Waals surface area contributed by atoms with Crippen LogP contribution < -0.4 is 5.32 Å². The molecule has 3 aromatic rings. The number of amides is 1. The number of pyridine rings is 1. The molecule has 4 heteroatoms. The fraction of sp³-hybridized carbons (Fsp3) is 0.0588. The van der Waals surface area contributed by atoms with Crippen molar-refractivity contribution in [2.24, 2.45) is 0 Å². The summed E-state index contributed by atoms with van der Waals surface area (Å²) in [5.41, 5.74) is 2.96. The number of carbonyl (C=O) groups excluding carboxylic acids is 1. The smallest absolute Gasteiger partial charge is 0.256 e. The number of para-hydroxylation sites is 1. The quantitative estimate of drug-likeness (QED) is 0.699. The second kappa shape index (κ2) is 5.58. The van der Waals surface area contributed by atoms with Gasteiger partial charge in [0, 0.05) is 16.0 Å². The van der Waals surface area contributed by atoms with Gasteiger partial charge in [-0.15, -0.1) is 12.6 Å². The summed E-state index contributed by atoms with van der Waals surface area (Å²) in [7, 11) is 0. The number of benzene rings is 2. The molecule has 0 aliphatic carbocycles. The molecule has 0 aliphatic heterocycles. The second-order valence-electron chi connectivity index (χ2n) is 4.80. The van der Waals surface area contributed by atoms with Crippen LogP contribution >= 0.6 is 12.6 Å².